The molecule has 0 spiro atoms. The van der Waals surface area contributed by atoms with Gasteiger partial charge in [0.15, 0.2) is 0 Å². The van der Waals surface area contributed by atoms with E-state index < -0.39 is 29.7 Å². The third-order valence-electron chi connectivity index (χ3n) is 8.12. The standard InChI is InChI=1S/C29H43N5O5/c1-5-31-27(37)33-14-12-20(13-15-33)19-8-6-18(7-9-19)16-23(25(30)35)32-26(36)24-21-10-11-22(17-21)34(24)28(38)39-29(2,3)4/h6-9,20-24H,5,10-17H2,1-4H3,(H2,30,35)(H,31,37)(H,32,36)/t21-,22+,23-,24-/m0/s1. The number of primary amides is 1. The van der Waals surface area contributed by atoms with Crippen molar-refractivity contribution in [2.45, 2.75) is 95.9 Å². The van der Waals surface area contributed by atoms with E-state index in [0.717, 1.165) is 50.8 Å². The lowest BCUT2D eigenvalue weighted by molar-refractivity contribution is -0.132. The lowest BCUT2D eigenvalue weighted by Gasteiger charge is -2.36. The van der Waals surface area contributed by atoms with Crippen LogP contribution in [0.25, 0.3) is 0 Å². The van der Waals surface area contributed by atoms with Gasteiger partial charge < -0.3 is 26.0 Å². The van der Waals surface area contributed by atoms with Crippen LogP contribution in [0.5, 0.6) is 0 Å². The first-order valence-electron chi connectivity index (χ1n) is 14.2. The van der Waals surface area contributed by atoms with Crippen LogP contribution in [0.15, 0.2) is 24.3 Å². The molecule has 39 heavy (non-hydrogen) atoms. The number of hydrogen-bond acceptors (Lipinski definition) is 5. The number of ether oxygens (including phenoxy) is 1. The Hall–Kier alpha value is -3.30. The van der Waals surface area contributed by atoms with E-state index in [1.54, 1.807) is 25.7 Å². The number of fused-ring (bicyclic) bond motifs is 2. The Bertz CT molecular complexity index is 1060. The van der Waals surface area contributed by atoms with Gasteiger partial charge in [-0.05, 0) is 82.8 Å². The van der Waals surface area contributed by atoms with Crippen LogP contribution < -0.4 is 16.4 Å². The molecule has 0 aromatic heterocycles. The molecule has 3 fully saturated rings. The molecule has 1 saturated carbocycles. The fourth-order valence-corrected chi connectivity index (χ4v) is 6.22. The molecule has 0 unspecified atom stereocenters. The summed E-state index contributed by atoms with van der Waals surface area (Å²) in [5, 5.41) is 5.69. The van der Waals surface area contributed by atoms with Gasteiger partial charge in [0.1, 0.15) is 17.7 Å². The molecule has 5 amide bonds. The zero-order valence-corrected chi connectivity index (χ0v) is 23.6. The number of rotatable bonds is 7. The topological polar surface area (TPSA) is 134 Å². The van der Waals surface area contributed by atoms with Crippen LogP contribution >= 0.6 is 0 Å². The predicted molar refractivity (Wildman–Crippen MR) is 147 cm³/mol. The Morgan fingerprint density at radius 1 is 1.05 bits per heavy atom. The van der Waals surface area contributed by atoms with Crippen molar-refractivity contribution >= 4 is 23.9 Å². The predicted octanol–water partition coefficient (Wildman–Crippen LogP) is 2.90. The maximum atomic E-state index is 13.4. The van der Waals surface area contributed by atoms with E-state index >= 15 is 0 Å². The van der Waals surface area contributed by atoms with Gasteiger partial charge in [-0.15, -0.1) is 0 Å². The molecule has 4 N–H and O–H groups in total. The Morgan fingerprint density at radius 3 is 2.31 bits per heavy atom. The molecule has 1 aromatic carbocycles. The normalized spacial score (nSPS) is 23.8. The van der Waals surface area contributed by atoms with E-state index in [4.69, 9.17) is 10.5 Å². The summed E-state index contributed by atoms with van der Waals surface area (Å²) >= 11 is 0. The minimum absolute atomic E-state index is 0.00881. The minimum atomic E-state index is -0.886. The lowest BCUT2D eigenvalue weighted by atomic mass is 9.88. The summed E-state index contributed by atoms with van der Waals surface area (Å²) in [6, 6.07) is 6.48. The minimum Gasteiger partial charge on any atom is -0.444 e. The molecule has 4 rings (SSSR count). The van der Waals surface area contributed by atoms with Crippen LogP contribution in [-0.4, -0.2) is 77.1 Å². The van der Waals surface area contributed by atoms with Crippen LogP contribution in [0.2, 0.25) is 0 Å². The van der Waals surface area contributed by atoms with Crippen LogP contribution in [0.3, 0.4) is 0 Å². The van der Waals surface area contributed by atoms with E-state index in [1.807, 2.05) is 24.0 Å². The second-order valence-corrected chi connectivity index (χ2v) is 12.1. The van der Waals surface area contributed by atoms with E-state index in [1.165, 1.54) is 5.56 Å². The number of piperidine rings is 2. The van der Waals surface area contributed by atoms with Gasteiger partial charge in [-0.25, -0.2) is 9.59 Å². The maximum absolute atomic E-state index is 13.4. The highest BCUT2D eigenvalue weighted by Gasteiger charge is 2.52. The molecule has 10 nitrogen and oxygen atoms in total. The summed E-state index contributed by atoms with van der Waals surface area (Å²) in [4.78, 5) is 54.1. The molecule has 2 saturated heterocycles. The zero-order valence-electron chi connectivity index (χ0n) is 23.6. The number of nitrogens with two attached hydrogens (primary N) is 1. The smallest absolute Gasteiger partial charge is 0.411 e. The molecular formula is C29H43N5O5. The first kappa shape index (κ1) is 28.7. The number of carbonyl (C=O) groups excluding carboxylic acids is 4. The molecule has 1 aromatic rings. The maximum Gasteiger partial charge on any atom is 0.411 e. The van der Waals surface area contributed by atoms with Gasteiger partial charge in [0.05, 0.1) is 0 Å². The summed E-state index contributed by atoms with van der Waals surface area (Å²) in [5.41, 5.74) is 7.12. The highest BCUT2D eigenvalue weighted by molar-refractivity contribution is 5.91. The Morgan fingerprint density at radius 2 is 1.72 bits per heavy atom. The number of nitrogens with one attached hydrogen (secondary N) is 2. The average Bonchev–Trinajstić information content (AvgIpc) is 3.50. The van der Waals surface area contributed by atoms with Crippen LogP contribution in [-0.2, 0) is 20.7 Å². The summed E-state index contributed by atoms with van der Waals surface area (Å²) in [7, 11) is 0. The number of benzene rings is 1. The third-order valence-corrected chi connectivity index (χ3v) is 8.12. The van der Waals surface area contributed by atoms with Gasteiger partial charge in [-0.2, -0.15) is 0 Å². The van der Waals surface area contributed by atoms with Crippen LogP contribution in [0.4, 0.5) is 9.59 Å². The number of likely N-dealkylation sites (tertiary alicyclic amines) is 2. The van der Waals surface area contributed by atoms with Crippen molar-refractivity contribution in [2.75, 3.05) is 19.6 Å². The zero-order chi connectivity index (χ0) is 28.3. The van der Waals surface area contributed by atoms with Crippen LogP contribution in [0.1, 0.15) is 76.8 Å². The second-order valence-electron chi connectivity index (χ2n) is 12.1. The van der Waals surface area contributed by atoms with Crippen molar-refractivity contribution in [3.8, 4) is 0 Å². The van der Waals surface area contributed by atoms with Crippen molar-refractivity contribution in [3.63, 3.8) is 0 Å². The molecule has 10 heteroatoms. The van der Waals surface area contributed by atoms with Gasteiger partial charge in [0, 0.05) is 32.1 Å². The summed E-state index contributed by atoms with van der Waals surface area (Å²) in [6.07, 6.45) is 4.06. The van der Waals surface area contributed by atoms with Gasteiger partial charge in [-0.3, -0.25) is 14.5 Å². The fraction of sp³-hybridized carbons (Fsp3) is 0.655. The Labute approximate surface area is 231 Å². The molecule has 0 radical (unpaired) electrons. The van der Waals surface area contributed by atoms with Crippen molar-refractivity contribution in [2.24, 2.45) is 11.7 Å². The van der Waals surface area contributed by atoms with Crippen molar-refractivity contribution in [1.29, 1.82) is 0 Å². The summed E-state index contributed by atoms with van der Waals surface area (Å²) in [6.45, 7) is 9.38. The Kier molecular flexibility index (Phi) is 8.71. The monoisotopic (exact) mass is 541 g/mol. The van der Waals surface area contributed by atoms with Crippen molar-refractivity contribution in [1.82, 2.24) is 20.4 Å². The molecular weight excluding hydrogens is 498 g/mol. The quantitative estimate of drug-likeness (QED) is 0.488. The number of amides is 5. The summed E-state index contributed by atoms with van der Waals surface area (Å²) in [5.74, 6) is -0.549. The average molecular weight is 542 g/mol. The van der Waals surface area contributed by atoms with E-state index in [2.05, 4.69) is 22.8 Å². The van der Waals surface area contributed by atoms with Gasteiger partial charge in [0.25, 0.3) is 0 Å². The first-order chi connectivity index (χ1) is 18.5. The number of nitrogens with zero attached hydrogens (tertiary/aromatic N) is 2. The highest BCUT2D eigenvalue weighted by atomic mass is 16.6. The molecule has 2 aliphatic heterocycles. The lowest BCUT2D eigenvalue weighted by Crippen LogP contribution is -2.57. The molecule has 2 heterocycles. The number of urea groups is 1. The van der Waals surface area contributed by atoms with E-state index in [9.17, 15) is 19.2 Å². The van der Waals surface area contributed by atoms with Gasteiger partial charge in [-0.1, -0.05) is 24.3 Å². The van der Waals surface area contributed by atoms with Crippen LogP contribution in [0, 0.1) is 5.92 Å². The third kappa shape index (κ3) is 6.83. The molecule has 3 aliphatic rings. The first-order valence-corrected chi connectivity index (χ1v) is 14.2. The van der Waals surface area contributed by atoms with Gasteiger partial charge >= 0.3 is 12.1 Å². The number of hydrogen-bond donors (Lipinski definition) is 3. The largest absolute Gasteiger partial charge is 0.444 e. The van der Waals surface area contributed by atoms with Crippen molar-refractivity contribution < 1.29 is 23.9 Å². The highest BCUT2D eigenvalue weighted by Crippen LogP contribution is 2.43. The van der Waals surface area contributed by atoms with Crippen molar-refractivity contribution in [3.05, 3.63) is 35.4 Å². The SMILES string of the molecule is CCNC(=O)N1CCC(c2ccc(C[C@H](NC(=O)[C@@H]3[C@H]4CC[C@H](C4)N3C(=O)OC(C)(C)C)C(N)=O)cc2)CC1. The molecule has 2 bridgehead atoms. The summed E-state index contributed by atoms with van der Waals surface area (Å²) < 4.78 is 5.59. The molecule has 214 valence electrons. The second kappa shape index (κ2) is 11.8. The Balaban J connectivity index is 1.36. The molecule has 4 atom stereocenters. The van der Waals surface area contributed by atoms with E-state index in [0.29, 0.717) is 12.5 Å². The number of carbonyl (C=O) groups is 4. The van der Waals surface area contributed by atoms with Gasteiger partial charge in [0.2, 0.25) is 11.8 Å². The van der Waals surface area contributed by atoms with E-state index in [-0.39, 0.29) is 30.3 Å². The fourth-order valence-electron chi connectivity index (χ4n) is 6.22. The molecule has 1 aliphatic carbocycles.